The number of allylic oxidation sites excluding steroid dienone is 28. The third-order valence-electron chi connectivity index (χ3n) is 13.5. The Balaban J connectivity index is 4.37. The van der Waals surface area contributed by atoms with Crippen molar-refractivity contribution in [2.45, 2.75) is 277 Å². The first kappa shape index (κ1) is 76.8. The van der Waals surface area contributed by atoms with E-state index in [1.165, 1.54) is 70.6 Å². The molecule has 0 spiro atoms. The van der Waals surface area contributed by atoms with Crippen LogP contribution < -0.4 is 0 Å². The van der Waals surface area contributed by atoms with Gasteiger partial charge in [0.05, 0.1) is 0 Å². The zero-order chi connectivity index (χ0) is 59.2. The number of hydrogen-bond acceptors (Lipinski definition) is 6. The minimum absolute atomic E-state index is 0.107. The Morgan fingerprint density at radius 3 is 0.768 bits per heavy atom. The lowest BCUT2D eigenvalue weighted by atomic mass is 10.0. The second-order valence-electron chi connectivity index (χ2n) is 21.3. The van der Waals surface area contributed by atoms with Crippen LogP contribution in [0.1, 0.15) is 271 Å². The summed E-state index contributed by atoms with van der Waals surface area (Å²) in [5.41, 5.74) is 0. The van der Waals surface area contributed by atoms with Gasteiger partial charge in [-0.25, -0.2) is 0 Å². The highest BCUT2D eigenvalue weighted by Crippen LogP contribution is 2.15. The number of rotatable bonds is 58. The molecule has 0 fully saturated rings. The summed E-state index contributed by atoms with van der Waals surface area (Å²) in [5.74, 6) is -0.978. The zero-order valence-corrected chi connectivity index (χ0v) is 52.7. The Morgan fingerprint density at radius 1 is 0.256 bits per heavy atom. The van der Waals surface area contributed by atoms with Gasteiger partial charge in [-0.3, -0.25) is 14.4 Å². The third-order valence-corrected chi connectivity index (χ3v) is 13.5. The molecule has 0 radical (unpaired) electrons. The van der Waals surface area contributed by atoms with Crippen LogP contribution in [-0.4, -0.2) is 37.2 Å². The summed E-state index contributed by atoms with van der Waals surface area (Å²) in [4.78, 5) is 38.3. The molecule has 1 unspecified atom stereocenters. The van der Waals surface area contributed by atoms with Gasteiger partial charge in [0.25, 0.3) is 0 Å². The van der Waals surface area contributed by atoms with Crippen molar-refractivity contribution in [1.29, 1.82) is 0 Å². The standard InChI is InChI=1S/C76H120O6/c1-4-7-10-13-16-19-22-25-28-29-30-31-32-33-34-35-36-37-38-39-40-41-42-43-44-45-46-47-49-51-54-57-60-63-66-69-75(78)81-72-73(71-80-74(77)68-65-62-59-56-53-50-27-24-21-18-15-12-9-6-3)82-76(79)70-67-64-61-58-55-52-48-26-23-20-17-14-11-8-5-2/h7-8,10-11,16-17,19-20,25-26,28,30-31,33-34,36-37,39-40,42-43,45-46,48-49,51,55,58,73H,4-6,9,12-15,18,21-24,27,29,32,35,38,41,44,47,50,52-54,56-57,59-72H2,1-3H3/b10-7-,11-8-,19-16-,20-17-,28-25-,31-30-,34-33-,37-36-,40-39-,43-42-,46-45-,48-26-,51-49-,58-55-. The first-order chi connectivity index (χ1) is 40.5. The summed E-state index contributed by atoms with van der Waals surface area (Å²) in [6.07, 6.45) is 101. The van der Waals surface area contributed by atoms with Gasteiger partial charge in [-0.1, -0.05) is 287 Å². The molecule has 0 N–H and O–H groups in total. The average molecular weight is 1130 g/mol. The van der Waals surface area contributed by atoms with E-state index >= 15 is 0 Å². The molecule has 0 rings (SSSR count). The minimum atomic E-state index is -0.817. The first-order valence-corrected chi connectivity index (χ1v) is 33.1. The quantitative estimate of drug-likeness (QED) is 0.0261. The molecule has 82 heavy (non-hydrogen) atoms. The van der Waals surface area contributed by atoms with Gasteiger partial charge in [0, 0.05) is 19.3 Å². The molecule has 460 valence electrons. The highest BCUT2D eigenvalue weighted by molar-refractivity contribution is 5.71. The maximum Gasteiger partial charge on any atom is 0.306 e. The Labute approximate surface area is 504 Å². The van der Waals surface area contributed by atoms with Crippen molar-refractivity contribution in [3.8, 4) is 0 Å². The summed E-state index contributed by atoms with van der Waals surface area (Å²) in [5, 5.41) is 0. The van der Waals surface area contributed by atoms with Crippen molar-refractivity contribution < 1.29 is 28.6 Å². The zero-order valence-electron chi connectivity index (χ0n) is 52.7. The summed E-state index contributed by atoms with van der Waals surface area (Å²) in [6.45, 7) is 6.35. The smallest absolute Gasteiger partial charge is 0.306 e. The maximum absolute atomic E-state index is 12.9. The van der Waals surface area contributed by atoms with E-state index in [1.807, 2.05) is 0 Å². The molecule has 0 amide bonds. The summed E-state index contributed by atoms with van der Waals surface area (Å²) in [7, 11) is 0. The molecule has 6 heteroatoms. The number of esters is 3. The van der Waals surface area contributed by atoms with Gasteiger partial charge in [0.15, 0.2) is 6.10 Å². The maximum atomic E-state index is 12.9. The van der Waals surface area contributed by atoms with Crippen molar-refractivity contribution in [1.82, 2.24) is 0 Å². The molecule has 0 heterocycles. The molecule has 0 bridgehead atoms. The Hall–Kier alpha value is -5.23. The molecule has 1 atom stereocenters. The predicted octanol–water partition coefficient (Wildman–Crippen LogP) is 23.0. The van der Waals surface area contributed by atoms with Crippen molar-refractivity contribution in [3.05, 3.63) is 170 Å². The molecule has 6 nitrogen and oxygen atoms in total. The lowest BCUT2D eigenvalue weighted by Gasteiger charge is -2.18. The molecule has 0 aromatic heterocycles. The fraction of sp³-hybridized carbons (Fsp3) is 0.592. The van der Waals surface area contributed by atoms with Crippen molar-refractivity contribution in [2.75, 3.05) is 13.2 Å². The lowest BCUT2D eigenvalue weighted by molar-refractivity contribution is -0.167. The Kier molecular flexibility index (Phi) is 63.9. The highest BCUT2D eigenvalue weighted by Gasteiger charge is 2.19. The number of ether oxygens (including phenoxy) is 3. The van der Waals surface area contributed by atoms with Gasteiger partial charge in [-0.05, 0) is 135 Å². The van der Waals surface area contributed by atoms with E-state index in [0.29, 0.717) is 19.3 Å². The van der Waals surface area contributed by atoms with Gasteiger partial charge < -0.3 is 14.2 Å². The average Bonchev–Trinajstić information content (AvgIpc) is 3.48. The highest BCUT2D eigenvalue weighted by atomic mass is 16.6. The molecular formula is C76H120O6. The number of carbonyl (C=O) groups excluding carboxylic acids is 3. The normalized spacial score (nSPS) is 13.3. The van der Waals surface area contributed by atoms with Crippen LogP contribution in [0.15, 0.2) is 170 Å². The third kappa shape index (κ3) is 65.6. The van der Waals surface area contributed by atoms with E-state index in [1.54, 1.807) is 0 Å². The predicted molar refractivity (Wildman–Crippen MR) is 357 cm³/mol. The van der Waals surface area contributed by atoms with Crippen molar-refractivity contribution in [3.63, 3.8) is 0 Å². The van der Waals surface area contributed by atoms with Crippen LogP contribution in [0, 0.1) is 0 Å². The van der Waals surface area contributed by atoms with Gasteiger partial charge in [-0.2, -0.15) is 0 Å². The summed E-state index contributed by atoms with van der Waals surface area (Å²) in [6, 6.07) is 0. The molecule has 0 aromatic carbocycles. The van der Waals surface area contributed by atoms with Crippen LogP contribution in [0.3, 0.4) is 0 Å². The van der Waals surface area contributed by atoms with Crippen LogP contribution in [0.5, 0.6) is 0 Å². The van der Waals surface area contributed by atoms with Crippen LogP contribution in [-0.2, 0) is 28.6 Å². The topological polar surface area (TPSA) is 78.9 Å². The molecule has 0 saturated heterocycles. The minimum Gasteiger partial charge on any atom is -0.462 e. The van der Waals surface area contributed by atoms with E-state index in [0.717, 1.165) is 154 Å². The Bertz CT molecular complexity index is 1870. The SMILES string of the molecule is CC/C=C\C/C=C\C/C=C\C/C=C\C/C=C\C/C=C\C/C=C\C/C=C\C/C=C\C/C=C\CCCCCCC(=O)OCC(COC(=O)CCCCCCCCCCCCCCCC)OC(=O)CCCC/C=C\C/C=C\C/C=C\C/C=C\CC. The van der Waals surface area contributed by atoms with Crippen molar-refractivity contribution in [2.24, 2.45) is 0 Å². The van der Waals surface area contributed by atoms with Crippen molar-refractivity contribution >= 4 is 17.9 Å². The van der Waals surface area contributed by atoms with Gasteiger partial charge in [-0.15, -0.1) is 0 Å². The van der Waals surface area contributed by atoms with E-state index in [9.17, 15) is 14.4 Å². The fourth-order valence-corrected chi connectivity index (χ4v) is 8.58. The molecule has 0 saturated carbocycles. The summed E-state index contributed by atoms with van der Waals surface area (Å²) >= 11 is 0. The molecule has 0 aromatic rings. The second-order valence-corrected chi connectivity index (χ2v) is 21.3. The van der Waals surface area contributed by atoms with Gasteiger partial charge in [0.1, 0.15) is 13.2 Å². The largest absolute Gasteiger partial charge is 0.462 e. The van der Waals surface area contributed by atoms with Gasteiger partial charge >= 0.3 is 17.9 Å². The van der Waals surface area contributed by atoms with Crippen LogP contribution in [0.25, 0.3) is 0 Å². The lowest BCUT2D eigenvalue weighted by Crippen LogP contribution is -2.30. The second kappa shape index (κ2) is 68.3. The Morgan fingerprint density at radius 2 is 0.476 bits per heavy atom. The monoisotopic (exact) mass is 1130 g/mol. The summed E-state index contributed by atoms with van der Waals surface area (Å²) < 4.78 is 16.8. The first-order valence-electron chi connectivity index (χ1n) is 33.1. The molecular weight excluding hydrogens is 1010 g/mol. The fourth-order valence-electron chi connectivity index (χ4n) is 8.58. The van der Waals surface area contributed by atoms with E-state index in [4.69, 9.17) is 14.2 Å². The molecule has 0 aliphatic rings. The van der Waals surface area contributed by atoms with E-state index in [-0.39, 0.29) is 37.5 Å². The molecule has 0 aliphatic carbocycles. The number of carbonyl (C=O) groups is 3. The van der Waals surface area contributed by atoms with Crippen LogP contribution >= 0.6 is 0 Å². The van der Waals surface area contributed by atoms with E-state index in [2.05, 4.69) is 191 Å². The van der Waals surface area contributed by atoms with Crippen LogP contribution in [0.4, 0.5) is 0 Å². The van der Waals surface area contributed by atoms with E-state index < -0.39 is 6.10 Å². The number of hydrogen-bond donors (Lipinski definition) is 0. The van der Waals surface area contributed by atoms with Crippen LogP contribution in [0.2, 0.25) is 0 Å². The number of unbranched alkanes of at least 4 members (excludes halogenated alkanes) is 19. The van der Waals surface area contributed by atoms with Gasteiger partial charge in [0.2, 0.25) is 0 Å². The molecule has 0 aliphatic heterocycles.